The molecule has 0 aliphatic heterocycles. The molecule has 0 spiro atoms. The van der Waals surface area contributed by atoms with Gasteiger partial charge in [-0.3, -0.25) is 9.59 Å². The lowest BCUT2D eigenvalue weighted by Gasteiger charge is -2.29. The molecule has 2 rings (SSSR count). The minimum absolute atomic E-state index is 0.105. The molecule has 0 aromatic heterocycles. The Morgan fingerprint density at radius 1 is 1.10 bits per heavy atom. The summed E-state index contributed by atoms with van der Waals surface area (Å²) in [6.07, 6.45) is 4.36. The molecule has 2 amide bonds. The maximum atomic E-state index is 11.9. The number of ether oxygens (including phenoxy) is 1. The van der Waals surface area contributed by atoms with Gasteiger partial charge in [0.2, 0.25) is 0 Å². The molecule has 1 aliphatic rings. The summed E-state index contributed by atoms with van der Waals surface area (Å²) in [7, 11) is 1.58. The number of anilines is 1. The number of hydrogen-bond acceptors (Lipinski definition) is 3. The summed E-state index contributed by atoms with van der Waals surface area (Å²) in [5.41, 5.74) is 0.577. The normalized spacial score (nSPS) is 21.4. The molecule has 0 unspecified atom stereocenters. The zero-order valence-electron chi connectivity index (χ0n) is 12.5. The lowest BCUT2D eigenvalue weighted by atomic mass is 9.86. The van der Waals surface area contributed by atoms with Crippen LogP contribution in [0.25, 0.3) is 0 Å². The third-order valence-corrected chi connectivity index (χ3v) is 3.98. The van der Waals surface area contributed by atoms with Gasteiger partial charge in [-0.05, 0) is 43.0 Å². The number of carbonyl (C=O) groups is 2. The second-order valence-electron chi connectivity index (χ2n) is 5.52. The predicted octanol–water partition coefficient (Wildman–Crippen LogP) is 2.33. The van der Waals surface area contributed by atoms with E-state index in [2.05, 4.69) is 17.6 Å². The molecule has 114 valence electrons. The number of rotatable bonds is 3. The van der Waals surface area contributed by atoms with Gasteiger partial charge >= 0.3 is 11.8 Å². The molecule has 5 nitrogen and oxygen atoms in total. The molecule has 2 N–H and O–H groups in total. The molecule has 0 radical (unpaired) electrons. The smallest absolute Gasteiger partial charge is 0.313 e. The Morgan fingerprint density at radius 2 is 1.76 bits per heavy atom. The van der Waals surface area contributed by atoms with Crippen molar-refractivity contribution in [2.75, 3.05) is 12.4 Å². The van der Waals surface area contributed by atoms with E-state index < -0.39 is 11.8 Å². The second-order valence-corrected chi connectivity index (χ2v) is 5.52. The number of amides is 2. The average Bonchev–Trinajstić information content (AvgIpc) is 2.50. The Morgan fingerprint density at radius 3 is 2.38 bits per heavy atom. The number of carbonyl (C=O) groups excluding carboxylic acids is 2. The quantitative estimate of drug-likeness (QED) is 0.840. The zero-order chi connectivity index (χ0) is 15.2. The molecular weight excluding hydrogens is 268 g/mol. The van der Waals surface area contributed by atoms with E-state index in [1.807, 2.05) is 0 Å². The van der Waals surface area contributed by atoms with Gasteiger partial charge in [-0.2, -0.15) is 0 Å². The van der Waals surface area contributed by atoms with Crippen molar-refractivity contribution in [3.63, 3.8) is 0 Å². The van der Waals surface area contributed by atoms with E-state index in [0.29, 0.717) is 17.4 Å². The Kier molecular flexibility index (Phi) is 5.20. The molecule has 1 aromatic carbocycles. The SMILES string of the molecule is COc1ccc(NC(=O)C(=O)N[C@H]2CCCC[C@@H]2C)cc1. The summed E-state index contributed by atoms with van der Waals surface area (Å²) in [4.78, 5) is 23.8. The minimum Gasteiger partial charge on any atom is -0.497 e. The van der Waals surface area contributed by atoms with Gasteiger partial charge < -0.3 is 15.4 Å². The Hall–Kier alpha value is -2.04. The minimum atomic E-state index is -0.627. The lowest BCUT2D eigenvalue weighted by Crippen LogP contribution is -2.45. The van der Waals surface area contributed by atoms with Crippen LogP contribution in [0.4, 0.5) is 5.69 Å². The van der Waals surface area contributed by atoms with E-state index in [9.17, 15) is 9.59 Å². The van der Waals surface area contributed by atoms with Gasteiger partial charge in [0.1, 0.15) is 5.75 Å². The Bertz CT molecular complexity index is 499. The number of nitrogens with one attached hydrogen (secondary N) is 2. The third-order valence-electron chi connectivity index (χ3n) is 3.98. The first-order chi connectivity index (χ1) is 10.1. The highest BCUT2D eigenvalue weighted by Gasteiger charge is 2.25. The van der Waals surface area contributed by atoms with Crippen LogP contribution in [0.1, 0.15) is 32.6 Å². The standard InChI is InChI=1S/C16H22N2O3/c1-11-5-3-4-6-14(11)18-16(20)15(19)17-12-7-9-13(21-2)10-8-12/h7-11,14H,3-6H2,1-2H3,(H,17,19)(H,18,20)/t11-,14-/m0/s1. The lowest BCUT2D eigenvalue weighted by molar-refractivity contribution is -0.137. The molecule has 0 heterocycles. The molecule has 5 heteroatoms. The first-order valence-electron chi connectivity index (χ1n) is 7.36. The van der Waals surface area contributed by atoms with Crippen LogP contribution >= 0.6 is 0 Å². The summed E-state index contributed by atoms with van der Waals surface area (Å²) >= 11 is 0. The molecular formula is C16H22N2O3. The van der Waals surface area contributed by atoms with E-state index in [1.165, 1.54) is 6.42 Å². The fourth-order valence-electron chi connectivity index (χ4n) is 2.63. The van der Waals surface area contributed by atoms with Crippen molar-refractivity contribution in [1.29, 1.82) is 0 Å². The molecule has 1 aliphatic carbocycles. The van der Waals surface area contributed by atoms with Crippen molar-refractivity contribution in [3.8, 4) is 5.75 Å². The van der Waals surface area contributed by atoms with Crippen LogP contribution in [0.3, 0.4) is 0 Å². The molecule has 1 saturated carbocycles. The van der Waals surface area contributed by atoms with Gasteiger partial charge in [0.25, 0.3) is 0 Å². The van der Waals surface area contributed by atoms with Gasteiger partial charge in [0.15, 0.2) is 0 Å². The Labute approximate surface area is 125 Å². The van der Waals surface area contributed by atoms with Gasteiger partial charge in [-0.1, -0.05) is 19.8 Å². The second kappa shape index (κ2) is 7.11. The van der Waals surface area contributed by atoms with E-state index in [0.717, 1.165) is 19.3 Å². The van der Waals surface area contributed by atoms with Crippen molar-refractivity contribution in [2.45, 2.75) is 38.6 Å². The van der Waals surface area contributed by atoms with Crippen molar-refractivity contribution < 1.29 is 14.3 Å². The summed E-state index contributed by atoms with van der Waals surface area (Å²) in [5.74, 6) is -0.0625. The van der Waals surface area contributed by atoms with E-state index >= 15 is 0 Å². The highest BCUT2D eigenvalue weighted by Crippen LogP contribution is 2.23. The first-order valence-corrected chi connectivity index (χ1v) is 7.36. The van der Waals surface area contributed by atoms with Crippen molar-refractivity contribution in [2.24, 2.45) is 5.92 Å². The van der Waals surface area contributed by atoms with Crippen LogP contribution in [0.15, 0.2) is 24.3 Å². The first kappa shape index (κ1) is 15.4. The monoisotopic (exact) mass is 290 g/mol. The average molecular weight is 290 g/mol. The topological polar surface area (TPSA) is 67.4 Å². The van der Waals surface area contributed by atoms with E-state index in [1.54, 1.807) is 31.4 Å². The highest BCUT2D eigenvalue weighted by molar-refractivity contribution is 6.39. The molecule has 1 fully saturated rings. The van der Waals surface area contributed by atoms with Crippen molar-refractivity contribution in [3.05, 3.63) is 24.3 Å². The van der Waals surface area contributed by atoms with Gasteiger partial charge in [0, 0.05) is 11.7 Å². The van der Waals surface area contributed by atoms with Gasteiger partial charge in [-0.15, -0.1) is 0 Å². The van der Waals surface area contributed by atoms with Crippen molar-refractivity contribution >= 4 is 17.5 Å². The van der Waals surface area contributed by atoms with Crippen LogP contribution in [-0.4, -0.2) is 25.0 Å². The summed E-state index contributed by atoms with van der Waals surface area (Å²) in [6, 6.07) is 6.97. The predicted molar refractivity (Wildman–Crippen MR) is 81.2 cm³/mol. The highest BCUT2D eigenvalue weighted by atomic mass is 16.5. The molecule has 21 heavy (non-hydrogen) atoms. The molecule has 1 aromatic rings. The van der Waals surface area contributed by atoms with Gasteiger partial charge in [-0.25, -0.2) is 0 Å². The summed E-state index contributed by atoms with van der Waals surface area (Å²) < 4.78 is 5.04. The zero-order valence-corrected chi connectivity index (χ0v) is 12.5. The van der Waals surface area contributed by atoms with Crippen LogP contribution in [-0.2, 0) is 9.59 Å². The third kappa shape index (κ3) is 4.21. The van der Waals surface area contributed by atoms with Crippen LogP contribution in [0.2, 0.25) is 0 Å². The fraction of sp³-hybridized carbons (Fsp3) is 0.500. The molecule has 2 atom stereocenters. The molecule has 0 saturated heterocycles. The van der Waals surface area contributed by atoms with E-state index in [4.69, 9.17) is 4.74 Å². The van der Waals surface area contributed by atoms with Crippen molar-refractivity contribution in [1.82, 2.24) is 5.32 Å². The number of hydrogen-bond donors (Lipinski definition) is 2. The Balaban J connectivity index is 1.88. The number of methoxy groups -OCH3 is 1. The maximum Gasteiger partial charge on any atom is 0.313 e. The van der Waals surface area contributed by atoms with Crippen LogP contribution < -0.4 is 15.4 Å². The van der Waals surface area contributed by atoms with Gasteiger partial charge in [0.05, 0.1) is 7.11 Å². The fourth-order valence-corrected chi connectivity index (χ4v) is 2.63. The largest absolute Gasteiger partial charge is 0.497 e. The molecule has 0 bridgehead atoms. The summed E-state index contributed by atoms with van der Waals surface area (Å²) in [6.45, 7) is 2.12. The summed E-state index contributed by atoms with van der Waals surface area (Å²) in [5, 5.41) is 5.43. The maximum absolute atomic E-state index is 11.9. The number of benzene rings is 1. The van der Waals surface area contributed by atoms with E-state index in [-0.39, 0.29) is 6.04 Å². The van der Waals surface area contributed by atoms with Crippen LogP contribution in [0, 0.1) is 5.92 Å². The van der Waals surface area contributed by atoms with Crippen LogP contribution in [0.5, 0.6) is 5.75 Å².